The van der Waals surface area contributed by atoms with Gasteiger partial charge in [0.25, 0.3) is 0 Å². The van der Waals surface area contributed by atoms with Crippen LogP contribution in [0.2, 0.25) is 0 Å². The summed E-state index contributed by atoms with van der Waals surface area (Å²) in [6.07, 6.45) is 3.99. The highest BCUT2D eigenvalue weighted by atomic mass is 16.7. The first-order valence-corrected chi connectivity index (χ1v) is 9.01. The van der Waals surface area contributed by atoms with Crippen LogP contribution < -0.4 is 0 Å². The normalized spacial score (nSPS) is 20.2. The Labute approximate surface area is 150 Å². The molecule has 0 saturated carbocycles. The van der Waals surface area contributed by atoms with E-state index < -0.39 is 0 Å². The van der Waals surface area contributed by atoms with Crippen LogP contribution in [0.4, 0.5) is 0 Å². The fourth-order valence-corrected chi connectivity index (χ4v) is 3.12. The lowest BCUT2D eigenvalue weighted by Gasteiger charge is -2.29. The zero-order valence-electron chi connectivity index (χ0n) is 14.8. The molecule has 0 spiro atoms. The molecule has 0 radical (unpaired) electrons. The lowest BCUT2D eigenvalue weighted by Crippen LogP contribution is -2.33. The van der Waals surface area contributed by atoms with Crippen molar-refractivity contribution in [2.75, 3.05) is 13.2 Å². The number of benzene rings is 2. The van der Waals surface area contributed by atoms with Crippen molar-refractivity contribution >= 4 is 0 Å². The van der Waals surface area contributed by atoms with E-state index in [0.717, 1.165) is 38.0 Å². The minimum atomic E-state index is -0.165. The summed E-state index contributed by atoms with van der Waals surface area (Å²) in [5.74, 6) is 0.489. The molecule has 0 N–H and O–H groups in total. The summed E-state index contributed by atoms with van der Waals surface area (Å²) in [4.78, 5) is 0. The van der Waals surface area contributed by atoms with Gasteiger partial charge in [0, 0.05) is 12.3 Å². The Morgan fingerprint density at radius 1 is 0.960 bits per heavy atom. The number of ether oxygens (including phenoxy) is 2. The lowest BCUT2D eigenvalue weighted by atomic mass is 9.99. The van der Waals surface area contributed by atoms with Crippen LogP contribution in [-0.4, -0.2) is 19.5 Å². The molecule has 0 aromatic heterocycles. The van der Waals surface area contributed by atoms with Gasteiger partial charge >= 0.3 is 0 Å². The number of nitriles is 1. The Morgan fingerprint density at radius 2 is 1.60 bits per heavy atom. The SMILES string of the molecule is Cc1ccc(CCCC2COC(Cc3ccc(C#N)cc3)OC2)cc1. The number of hydrogen-bond acceptors (Lipinski definition) is 3. The van der Waals surface area contributed by atoms with Gasteiger partial charge in [0.15, 0.2) is 6.29 Å². The van der Waals surface area contributed by atoms with Crippen LogP contribution in [0.15, 0.2) is 48.5 Å². The Kier molecular flexibility index (Phi) is 6.22. The molecule has 3 rings (SSSR count). The maximum Gasteiger partial charge on any atom is 0.161 e. The van der Waals surface area contributed by atoms with E-state index in [1.807, 2.05) is 24.3 Å². The highest BCUT2D eigenvalue weighted by Crippen LogP contribution is 2.20. The number of nitrogens with zero attached hydrogens (tertiary/aromatic N) is 1. The molecule has 2 aromatic rings. The van der Waals surface area contributed by atoms with E-state index in [9.17, 15) is 0 Å². The van der Waals surface area contributed by atoms with Gasteiger partial charge in [0.05, 0.1) is 24.8 Å². The quantitative estimate of drug-likeness (QED) is 0.785. The van der Waals surface area contributed by atoms with Crippen LogP contribution in [0.3, 0.4) is 0 Å². The minimum absolute atomic E-state index is 0.165. The van der Waals surface area contributed by atoms with E-state index in [1.165, 1.54) is 17.5 Å². The molecule has 0 amide bonds. The van der Waals surface area contributed by atoms with E-state index in [1.54, 1.807) is 0 Å². The lowest BCUT2D eigenvalue weighted by molar-refractivity contribution is -0.200. The Morgan fingerprint density at radius 3 is 2.24 bits per heavy atom. The molecule has 0 atom stereocenters. The third-order valence-corrected chi connectivity index (χ3v) is 4.72. The van der Waals surface area contributed by atoms with Crippen molar-refractivity contribution < 1.29 is 9.47 Å². The molecule has 0 bridgehead atoms. The second-order valence-corrected chi connectivity index (χ2v) is 6.85. The van der Waals surface area contributed by atoms with E-state index in [0.29, 0.717) is 11.5 Å². The summed E-state index contributed by atoms with van der Waals surface area (Å²) in [5.41, 5.74) is 4.54. The van der Waals surface area contributed by atoms with Crippen molar-refractivity contribution in [3.8, 4) is 6.07 Å². The summed E-state index contributed by atoms with van der Waals surface area (Å²) in [6, 6.07) is 18.5. The molecule has 0 aliphatic carbocycles. The molecular formula is C22H25NO2. The molecule has 1 fully saturated rings. The third-order valence-electron chi connectivity index (χ3n) is 4.72. The molecule has 3 heteroatoms. The predicted octanol–water partition coefficient (Wildman–Crippen LogP) is 4.42. The Balaban J connectivity index is 1.36. The third kappa shape index (κ3) is 5.42. The summed E-state index contributed by atoms with van der Waals surface area (Å²) >= 11 is 0. The largest absolute Gasteiger partial charge is 0.352 e. The summed E-state index contributed by atoms with van der Waals surface area (Å²) in [6.45, 7) is 3.67. The van der Waals surface area contributed by atoms with E-state index in [4.69, 9.17) is 14.7 Å². The average molecular weight is 335 g/mol. The monoisotopic (exact) mass is 335 g/mol. The van der Waals surface area contributed by atoms with E-state index in [-0.39, 0.29) is 6.29 Å². The Bertz CT molecular complexity index is 692. The van der Waals surface area contributed by atoms with E-state index >= 15 is 0 Å². The zero-order valence-corrected chi connectivity index (χ0v) is 14.8. The molecule has 2 aromatic carbocycles. The number of hydrogen-bond donors (Lipinski definition) is 0. The van der Waals surface area contributed by atoms with Crippen LogP contribution in [0.5, 0.6) is 0 Å². The molecule has 1 aliphatic rings. The molecule has 1 aliphatic heterocycles. The first-order valence-electron chi connectivity index (χ1n) is 9.01. The minimum Gasteiger partial charge on any atom is -0.352 e. The van der Waals surface area contributed by atoms with Crippen LogP contribution in [0.1, 0.15) is 35.1 Å². The maximum absolute atomic E-state index is 8.84. The van der Waals surface area contributed by atoms with Crippen LogP contribution >= 0.6 is 0 Å². The molecule has 0 unspecified atom stereocenters. The highest BCUT2D eigenvalue weighted by molar-refractivity contribution is 5.31. The van der Waals surface area contributed by atoms with Gasteiger partial charge in [-0.1, -0.05) is 42.0 Å². The smallest absolute Gasteiger partial charge is 0.161 e. The highest BCUT2D eigenvalue weighted by Gasteiger charge is 2.22. The summed E-state index contributed by atoms with van der Waals surface area (Å²) in [7, 11) is 0. The van der Waals surface area contributed by atoms with Gasteiger partial charge in [-0.25, -0.2) is 0 Å². The molecule has 1 heterocycles. The van der Waals surface area contributed by atoms with Gasteiger partial charge in [0.2, 0.25) is 0 Å². The molecule has 25 heavy (non-hydrogen) atoms. The first kappa shape index (κ1) is 17.7. The molecule has 1 saturated heterocycles. The van der Waals surface area contributed by atoms with Crippen molar-refractivity contribution in [1.82, 2.24) is 0 Å². The topological polar surface area (TPSA) is 42.2 Å². The molecule has 3 nitrogen and oxygen atoms in total. The standard InChI is InChI=1S/C22H25NO2/c1-17-5-7-18(8-6-17)3-2-4-21-15-24-22(25-16-21)13-19-9-11-20(14-23)12-10-19/h5-12,21-22H,2-4,13,15-16H2,1H3. The molecule has 130 valence electrons. The number of aryl methyl sites for hydroxylation is 2. The van der Waals surface area contributed by atoms with Crippen LogP contribution in [0, 0.1) is 24.2 Å². The second-order valence-electron chi connectivity index (χ2n) is 6.85. The first-order chi connectivity index (χ1) is 12.2. The van der Waals surface area contributed by atoms with Gasteiger partial charge in [0.1, 0.15) is 0 Å². The van der Waals surface area contributed by atoms with Gasteiger partial charge in [-0.3, -0.25) is 0 Å². The van der Waals surface area contributed by atoms with Crippen LogP contribution in [0.25, 0.3) is 0 Å². The zero-order chi connectivity index (χ0) is 17.5. The van der Waals surface area contributed by atoms with E-state index in [2.05, 4.69) is 37.3 Å². The fourth-order valence-electron chi connectivity index (χ4n) is 3.12. The maximum atomic E-state index is 8.84. The van der Waals surface area contributed by atoms with Gasteiger partial charge in [-0.2, -0.15) is 5.26 Å². The predicted molar refractivity (Wildman–Crippen MR) is 98.2 cm³/mol. The fraction of sp³-hybridized carbons (Fsp3) is 0.409. The van der Waals surface area contributed by atoms with Gasteiger partial charge in [-0.15, -0.1) is 0 Å². The van der Waals surface area contributed by atoms with Crippen molar-refractivity contribution in [3.63, 3.8) is 0 Å². The van der Waals surface area contributed by atoms with Crippen molar-refractivity contribution in [1.29, 1.82) is 5.26 Å². The van der Waals surface area contributed by atoms with Crippen molar-refractivity contribution in [2.45, 2.75) is 38.9 Å². The number of rotatable bonds is 6. The van der Waals surface area contributed by atoms with Gasteiger partial charge in [-0.05, 0) is 49.4 Å². The summed E-state index contributed by atoms with van der Waals surface area (Å²) in [5, 5.41) is 8.84. The van der Waals surface area contributed by atoms with Crippen LogP contribution in [-0.2, 0) is 22.3 Å². The molecular weight excluding hydrogens is 310 g/mol. The average Bonchev–Trinajstić information content (AvgIpc) is 2.65. The van der Waals surface area contributed by atoms with Crippen molar-refractivity contribution in [2.24, 2.45) is 5.92 Å². The van der Waals surface area contributed by atoms with Crippen molar-refractivity contribution in [3.05, 3.63) is 70.8 Å². The summed E-state index contributed by atoms with van der Waals surface area (Å²) < 4.78 is 11.8. The Hall–Kier alpha value is -2.15. The second kappa shape index (κ2) is 8.80. The van der Waals surface area contributed by atoms with Gasteiger partial charge < -0.3 is 9.47 Å².